The molecule has 0 bridgehead atoms. The lowest BCUT2D eigenvalue weighted by Gasteiger charge is -2.20. The predicted molar refractivity (Wildman–Crippen MR) is 86.6 cm³/mol. The van der Waals surface area contributed by atoms with E-state index in [1.54, 1.807) is 11.8 Å². The van der Waals surface area contributed by atoms with Gasteiger partial charge in [0, 0.05) is 19.6 Å². The predicted octanol–water partition coefficient (Wildman–Crippen LogP) is 2.27. The molecular weight excluding hydrogens is 296 g/mol. The molecule has 126 valence electrons. The van der Waals surface area contributed by atoms with E-state index in [1.165, 1.54) is 5.56 Å². The van der Waals surface area contributed by atoms with Gasteiger partial charge in [0.05, 0.1) is 12.0 Å². The van der Waals surface area contributed by atoms with Crippen molar-refractivity contribution in [1.82, 2.24) is 10.2 Å². The van der Waals surface area contributed by atoms with Crippen LogP contribution < -0.4 is 10.1 Å². The van der Waals surface area contributed by atoms with Gasteiger partial charge in [-0.15, -0.1) is 0 Å². The summed E-state index contributed by atoms with van der Waals surface area (Å²) in [7, 11) is 0. The van der Waals surface area contributed by atoms with Crippen LogP contribution in [0, 0.1) is 12.3 Å². The van der Waals surface area contributed by atoms with Gasteiger partial charge in [-0.2, -0.15) is 0 Å². The fraction of sp³-hybridized carbons (Fsp3) is 0.529. The van der Waals surface area contributed by atoms with Crippen molar-refractivity contribution in [3.63, 3.8) is 0 Å². The summed E-state index contributed by atoms with van der Waals surface area (Å²) in [5.74, 6) is -0.0296. The van der Waals surface area contributed by atoms with Crippen molar-refractivity contribution >= 4 is 12.0 Å². The lowest BCUT2D eigenvalue weighted by molar-refractivity contribution is -0.146. The van der Waals surface area contributed by atoms with Gasteiger partial charge in [-0.1, -0.05) is 17.7 Å². The Morgan fingerprint density at radius 1 is 1.35 bits per heavy atom. The third-order valence-electron chi connectivity index (χ3n) is 4.16. The van der Waals surface area contributed by atoms with Crippen molar-refractivity contribution in [2.24, 2.45) is 5.41 Å². The van der Waals surface area contributed by atoms with Gasteiger partial charge in [-0.25, -0.2) is 4.79 Å². The summed E-state index contributed by atoms with van der Waals surface area (Å²) in [6, 6.07) is 7.62. The molecule has 1 atom stereocenters. The number of hydrogen-bond donors (Lipinski definition) is 2. The number of carboxylic acids is 1. The number of amides is 2. The van der Waals surface area contributed by atoms with Crippen molar-refractivity contribution in [1.29, 1.82) is 0 Å². The molecule has 1 unspecified atom stereocenters. The Balaban J connectivity index is 1.64. The van der Waals surface area contributed by atoms with Crippen LogP contribution in [0.25, 0.3) is 0 Å². The molecule has 2 amide bonds. The van der Waals surface area contributed by atoms with Crippen LogP contribution in [0.4, 0.5) is 4.79 Å². The highest BCUT2D eigenvalue weighted by molar-refractivity contribution is 5.79. The van der Waals surface area contributed by atoms with E-state index in [4.69, 9.17) is 9.84 Å². The topological polar surface area (TPSA) is 78.9 Å². The van der Waals surface area contributed by atoms with Crippen LogP contribution in [-0.4, -0.2) is 48.2 Å². The zero-order valence-corrected chi connectivity index (χ0v) is 13.7. The largest absolute Gasteiger partial charge is 0.494 e. The average Bonchev–Trinajstić information content (AvgIpc) is 2.93. The molecule has 1 aliphatic rings. The first-order valence-corrected chi connectivity index (χ1v) is 7.86. The van der Waals surface area contributed by atoms with Gasteiger partial charge in [-0.3, -0.25) is 4.79 Å². The number of rotatable bonds is 6. The first-order chi connectivity index (χ1) is 10.9. The SMILES string of the molecule is Cc1ccc(OCCCNC(=O)N2CCC(C)(C(=O)O)C2)cc1. The monoisotopic (exact) mass is 320 g/mol. The second-order valence-electron chi connectivity index (χ2n) is 6.28. The van der Waals surface area contributed by atoms with Crippen LogP contribution in [0.2, 0.25) is 0 Å². The van der Waals surface area contributed by atoms with Gasteiger partial charge in [0.2, 0.25) is 0 Å². The van der Waals surface area contributed by atoms with Crippen molar-refractivity contribution in [3.8, 4) is 5.75 Å². The van der Waals surface area contributed by atoms with E-state index in [-0.39, 0.29) is 12.6 Å². The molecule has 2 N–H and O–H groups in total. The molecule has 6 heteroatoms. The van der Waals surface area contributed by atoms with Crippen LogP contribution in [-0.2, 0) is 4.79 Å². The summed E-state index contributed by atoms with van der Waals surface area (Å²) in [6.07, 6.45) is 1.19. The number of nitrogens with one attached hydrogen (secondary N) is 1. The minimum atomic E-state index is -0.848. The highest BCUT2D eigenvalue weighted by atomic mass is 16.5. The summed E-state index contributed by atoms with van der Waals surface area (Å²) in [5, 5.41) is 12.0. The average molecular weight is 320 g/mol. The smallest absolute Gasteiger partial charge is 0.317 e. The number of aliphatic carboxylic acids is 1. The molecule has 0 spiro atoms. The van der Waals surface area contributed by atoms with E-state index in [2.05, 4.69) is 5.32 Å². The summed E-state index contributed by atoms with van der Waals surface area (Å²) >= 11 is 0. The molecule has 1 aromatic carbocycles. The molecule has 1 aliphatic heterocycles. The second-order valence-corrected chi connectivity index (χ2v) is 6.28. The number of benzene rings is 1. The molecule has 0 saturated carbocycles. The van der Waals surface area contributed by atoms with Gasteiger partial charge in [0.25, 0.3) is 0 Å². The molecule has 1 fully saturated rings. The molecule has 1 aromatic rings. The number of urea groups is 1. The lowest BCUT2D eigenvalue weighted by Crippen LogP contribution is -2.41. The number of carboxylic acid groups (broad SMARTS) is 1. The number of hydrogen-bond acceptors (Lipinski definition) is 3. The Morgan fingerprint density at radius 3 is 2.65 bits per heavy atom. The van der Waals surface area contributed by atoms with Crippen molar-refractivity contribution in [2.45, 2.75) is 26.7 Å². The van der Waals surface area contributed by atoms with Gasteiger partial charge >= 0.3 is 12.0 Å². The highest BCUT2D eigenvalue weighted by Gasteiger charge is 2.42. The molecule has 0 aliphatic carbocycles. The molecule has 0 aromatic heterocycles. The van der Waals surface area contributed by atoms with Gasteiger partial charge in [0.1, 0.15) is 5.75 Å². The summed E-state index contributed by atoms with van der Waals surface area (Å²) in [4.78, 5) is 24.7. The molecule has 0 radical (unpaired) electrons. The minimum Gasteiger partial charge on any atom is -0.494 e. The summed E-state index contributed by atoms with van der Waals surface area (Å²) < 4.78 is 5.59. The van der Waals surface area contributed by atoms with Crippen LogP contribution in [0.15, 0.2) is 24.3 Å². The normalized spacial score (nSPS) is 20.3. The molecule has 1 saturated heterocycles. The van der Waals surface area contributed by atoms with Gasteiger partial charge < -0.3 is 20.1 Å². The van der Waals surface area contributed by atoms with E-state index in [0.717, 1.165) is 5.75 Å². The molecule has 1 heterocycles. The number of likely N-dealkylation sites (tertiary alicyclic amines) is 1. The number of ether oxygens (including phenoxy) is 1. The zero-order valence-electron chi connectivity index (χ0n) is 13.7. The van der Waals surface area contributed by atoms with E-state index in [1.807, 2.05) is 31.2 Å². The number of nitrogens with zero attached hydrogens (tertiary/aromatic N) is 1. The quantitative estimate of drug-likeness (QED) is 0.788. The Kier molecular flexibility index (Phi) is 5.47. The molecule has 2 rings (SSSR count). The van der Waals surface area contributed by atoms with Crippen LogP contribution in [0.3, 0.4) is 0 Å². The van der Waals surface area contributed by atoms with E-state index in [0.29, 0.717) is 32.5 Å². The Hall–Kier alpha value is -2.24. The lowest BCUT2D eigenvalue weighted by atomic mass is 9.90. The third-order valence-corrected chi connectivity index (χ3v) is 4.16. The van der Waals surface area contributed by atoms with E-state index in [9.17, 15) is 9.59 Å². The molecule has 6 nitrogen and oxygen atoms in total. The first-order valence-electron chi connectivity index (χ1n) is 7.86. The van der Waals surface area contributed by atoms with Crippen molar-refractivity contribution in [3.05, 3.63) is 29.8 Å². The molecular formula is C17H24N2O4. The third kappa shape index (κ3) is 4.61. The second kappa shape index (κ2) is 7.35. The number of aryl methyl sites for hydroxylation is 1. The molecule has 23 heavy (non-hydrogen) atoms. The highest BCUT2D eigenvalue weighted by Crippen LogP contribution is 2.29. The number of carbonyl (C=O) groups is 2. The Labute approximate surface area is 136 Å². The maximum atomic E-state index is 12.0. The first kappa shape index (κ1) is 17.1. The zero-order chi connectivity index (χ0) is 16.9. The summed E-state index contributed by atoms with van der Waals surface area (Å²) in [5.41, 5.74) is 0.356. The van der Waals surface area contributed by atoms with Crippen LogP contribution >= 0.6 is 0 Å². The minimum absolute atomic E-state index is 0.203. The fourth-order valence-electron chi connectivity index (χ4n) is 2.51. The number of carbonyl (C=O) groups excluding carboxylic acids is 1. The Bertz CT molecular complexity index is 558. The maximum Gasteiger partial charge on any atom is 0.317 e. The van der Waals surface area contributed by atoms with E-state index >= 15 is 0 Å². The van der Waals surface area contributed by atoms with Crippen LogP contribution in [0.5, 0.6) is 5.75 Å². The van der Waals surface area contributed by atoms with Crippen LogP contribution in [0.1, 0.15) is 25.3 Å². The van der Waals surface area contributed by atoms with Crippen molar-refractivity contribution in [2.75, 3.05) is 26.2 Å². The standard InChI is InChI=1S/C17H24N2O4/c1-13-4-6-14(7-5-13)23-11-3-9-18-16(22)19-10-8-17(2,12-19)15(20)21/h4-7H,3,8-12H2,1-2H3,(H,18,22)(H,20,21). The van der Waals surface area contributed by atoms with Gasteiger partial charge in [0.15, 0.2) is 0 Å². The maximum absolute atomic E-state index is 12.0. The van der Waals surface area contributed by atoms with Crippen molar-refractivity contribution < 1.29 is 19.4 Å². The Morgan fingerprint density at radius 2 is 2.04 bits per heavy atom. The fourth-order valence-corrected chi connectivity index (χ4v) is 2.51. The summed E-state index contributed by atoms with van der Waals surface area (Å²) in [6.45, 7) is 5.47. The van der Waals surface area contributed by atoms with E-state index < -0.39 is 11.4 Å². The van der Waals surface area contributed by atoms with Gasteiger partial charge in [-0.05, 0) is 38.8 Å².